The number of fused-ring (bicyclic) bond motifs is 1. The van der Waals surface area contributed by atoms with Gasteiger partial charge >= 0.3 is 0 Å². The first-order valence-electron chi connectivity index (χ1n) is 11.0. The molecular weight excluding hydrogens is 384 g/mol. The van der Waals surface area contributed by atoms with E-state index < -0.39 is 0 Å². The lowest BCUT2D eigenvalue weighted by Crippen LogP contribution is -2.27. The summed E-state index contributed by atoms with van der Waals surface area (Å²) in [5.41, 5.74) is 0.821. The van der Waals surface area contributed by atoms with E-state index in [1.807, 2.05) is 10.9 Å². The van der Waals surface area contributed by atoms with E-state index in [0.717, 1.165) is 46.5 Å². The van der Waals surface area contributed by atoms with Crippen molar-refractivity contribution in [3.8, 4) is 0 Å². The Kier molecular flexibility index (Phi) is 8.15. The number of nitrogens with one attached hydrogen (secondary N) is 2. The lowest BCUT2D eigenvalue weighted by Gasteiger charge is -2.12. The third-order valence-electron chi connectivity index (χ3n) is 5.24. The van der Waals surface area contributed by atoms with Gasteiger partial charge in [0, 0.05) is 24.8 Å². The maximum Gasteiger partial charge on any atom is 0.220 e. The van der Waals surface area contributed by atoms with Crippen LogP contribution in [0.25, 0.3) is 11.0 Å². The first-order chi connectivity index (χ1) is 14.1. The quantitative estimate of drug-likeness (QED) is 0.419. The lowest BCUT2D eigenvalue weighted by molar-refractivity contribution is -0.121. The summed E-state index contributed by atoms with van der Waals surface area (Å²) in [6.07, 6.45) is 9.77. The fourth-order valence-electron chi connectivity index (χ4n) is 3.76. The number of carbonyl (C=O) groups is 1. The van der Waals surface area contributed by atoms with Gasteiger partial charge in [-0.2, -0.15) is 5.10 Å². The average Bonchev–Trinajstić information content (AvgIpc) is 3.34. The van der Waals surface area contributed by atoms with Crippen LogP contribution in [0.3, 0.4) is 0 Å². The minimum atomic E-state index is 0.143. The molecule has 0 aromatic carbocycles. The molecule has 3 rings (SSSR count). The van der Waals surface area contributed by atoms with E-state index in [4.69, 9.17) is 4.98 Å². The van der Waals surface area contributed by atoms with Crippen molar-refractivity contribution in [3.63, 3.8) is 0 Å². The van der Waals surface area contributed by atoms with Crippen molar-refractivity contribution < 1.29 is 4.79 Å². The molecule has 2 aromatic rings. The van der Waals surface area contributed by atoms with Gasteiger partial charge < -0.3 is 10.6 Å². The number of rotatable bonds is 11. The topological polar surface area (TPSA) is 84.7 Å². The van der Waals surface area contributed by atoms with Crippen LogP contribution in [0, 0.1) is 5.92 Å². The number of nitrogens with zero attached hydrogens (tertiary/aromatic N) is 4. The number of hydrogen-bond acceptors (Lipinski definition) is 6. The Bertz CT molecular complexity index is 800. The minimum absolute atomic E-state index is 0.143. The second-order valence-corrected chi connectivity index (χ2v) is 9.21. The van der Waals surface area contributed by atoms with Crippen LogP contribution in [-0.4, -0.2) is 44.0 Å². The normalized spacial score (nSPS) is 14.8. The molecule has 1 aliphatic rings. The van der Waals surface area contributed by atoms with Crippen molar-refractivity contribution in [3.05, 3.63) is 6.20 Å². The molecule has 160 valence electrons. The van der Waals surface area contributed by atoms with Crippen molar-refractivity contribution in [2.24, 2.45) is 5.92 Å². The van der Waals surface area contributed by atoms with Gasteiger partial charge in [0.1, 0.15) is 5.82 Å². The molecule has 0 aliphatic heterocycles. The summed E-state index contributed by atoms with van der Waals surface area (Å²) < 4.78 is 1.87. The van der Waals surface area contributed by atoms with Crippen molar-refractivity contribution in [2.45, 2.75) is 83.5 Å². The number of carbonyl (C=O) groups excluding carboxylic acids is 1. The van der Waals surface area contributed by atoms with E-state index in [1.54, 1.807) is 11.8 Å². The number of anilines is 1. The first kappa shape index (κ1) is 21.9. The Hall–Kier alpha value is -1.83. The predicted molar refractivity (Wildman–Crippen MR) is 119 cm³/mol. The van der Waals surface area contributed by atoms with Gasteiger partial charge in [-0.3, -0.25) is 4.79 Å². The monoisotopic (exact) mass is 418 g/mol. The molecule has 2 aromatic heterocycles. The summed E-state index contributed by atoms with van der Waals surface area (Å²) >= 11 is 1.66. The van der Waals surface area contributed by atoms with Crippen LogP contribution in [-0.2, 0) is 11.3 Å². The molecule has 0 unspecified atom stereocenters. The van der Waals surface area contributed by atoms with E-state index >= 15 is 0 Å². The molecule has 2 N–H and O–H groups in total. The minimum Gasteiger partial charge on any atom is -0.367 e. The van der Waals surface area contributed by atoms with E-state index in [2.05, 4.69) is 41.5 Å². The molecule has 7 nitrogen and oxygen atoms in total. The van der Waals surface area contributed by atoms with Crippen LogP contribution >= 0.6 is 11.8 Å². The molecule has 0 radical (unpaired) electrons. The Morgan fingerprint density at radius 3 is 2.83 bits per heavy atom. The summed E-state index contributed by atoms with van der Waals surface area (Å²) in [4.78, 5) is 21.6. The van der Waals surface area contributed by atoms with E-state index in [1.165, 1.54) is 25.7 Å². The van der Waals surface area contributed by atoms with Crippen molar-refractivity contribution >= 4 is 34.5 Å². The van der Waals surface area contributed by atoms with Gasteiger partial charge in [-0.1, -0.05) is 44.4 Å². The highest BCUT2D eigenvalue weighted by molar-refractivity contribution is 7.99. The van der Waals surface area contributed by atoms with Crippen LogP contribution < -0.4 is 10.6 Å². The smallest absolute Gasteiger partial charge is 0.220 e. The van der Waals surface area contributed by atoms with E-state index in [-0.39, 0.29) is 11.9 Å². The first-order valence-corrected chi connectivity index (χ1v) is 11.9. The fraction of sp³-hybridized carbons (Fsp3) is 0.714. The molecule has 0 bridgehead atoms. The molecule has 0 atom stereocenters. The Morgan fingerprint density at radius 2 is 2.10 bits per heavy atom. The van der Waals surface area contributed by atoms with Gasteiger partial charge in [-0.05, 0) is 32.6 Å². The van der Waals surface area contributed by atoms with Gasteiger partial charge in [-0.25, -0.2) is 14.6 Å². The molecule has 1 aliphatic carbocycles. The average molecular weight is 419 g/mol. The second-order valence-electron chi connectivity index (χ2n) is 8.15. The summed E-state index contributed by atoms with van der Waals surface area (Å²) in [5.74, 6) is 2.70. The molecule has 1 saturated carbocycles. The van der Waals surface area contributed by atoms with E-state index in [9.17, 15) is 4.79 Å². The van der Waals surface area contributed by atoms with Crippen LogP contribution in [0.1, 0.15) is 65.7 Å². The highest BCUT2D eigenvalue weighted by Crippen LogP contribution is 2.28. The third-order valence-corrected chi connectivity index (χ3v) is 6.29. The molecule has 0 saturated heterocycles. The zero-order valence-electron chi connectivity index (χ0n) is 17.9. The SMILES string of the molecule is CCCSc1nc(NC(C)C)c2cnn(CCNC(=O)CCC3CCCC3)c2n1. The lowest BCUT2D eigenvalue weighted by atomic mass is 10.0. The molecular formula is C21H34N6OS. The highest BCUT2D eigenvalue weighted by atomic mass is 32.2. The third kappa shape index (κ3) is 6.32. The maximum atomic E-state index is 12.2. The fourth-order valence-corrected chi connectivity index (χ4v) is 4.46. The predicted octanol–water partition coefficient (Wildman–Crippen LogP) is 4.24. The zero-order valence-corrected chi connectivity index (χ0v) is 18.7. The van der Waals surface area contributed by atoms with Crippen molar-refractivity contribution in [1.29, 1.82) is 0 Å². The van der Waals surface area contributed by atoms with Crippen LogP contribution in [0.4, 0.5) is 5.82 Å². The van der Waals surface area contributed by atoms with Gasteiger partial charge in [0.2, 0.25) is 5.91 Å². The number of aromatic nitrogens is 4. The maximum absolute atomic E-state index is 12.2. The van der Waals surface area contributed by atoms with Gasteiger partial charge in [0.15, 0.2) is 10.8 Å². The Morgan fingerprint density at radius 1 is 1.31 bits per heavy atom. The van der Waals surface area contributed by atoms with Gasteiger partial charge in [0.25, 0.3) is 0 Å². The summed E-state index contributed by atoms with van der Waals surface area (Å²) in [7, 11) is 0. The molecule has 1 amide bonds. The van der Waals surface area contributed by atoms with Crippen LogP contribution in [0.5, 0.6) is 0 Å². The largest absolute Gasteiger partial charge is 0.367 e. The summed E-state index contributed by atoms with van der Waals surface area (Å²) in [5, 5.41) is 12.6. The number of thioether (sulfide) groups is 1. The molecule has 0 spiro atoms. The van der Waals surface area contributed by atoms with Crippen LogP contribution in [0.2, 0.25) is 0 Å². The highest BCUT2D eigenvalue weighted by Gasteiger charge is 2.17. The second kappa shape index (κ2) is 10.8. The Labute approximate surface area is 177 Å². The number of hydrogen-bond donors (Lipinski definition) is 2. The summed E-state index contributed by atoms with van der Waals surface area (Å²) in [6, 6.07) is 0.277. The van der Waals surface area contributed by atoms with Crippen molar-refractivity contribution in [2.75, 3.05) is 17.6 Å². The molecule has 8 heteroatoms. The molecule has 1 fully saturated rings. The van der Waals surface area contributed by atoms with Crippen LogP contribution in [0.15, 0.2) is 11.4 Å². The molecule has 2 heterocycles. The van der Waals surface area contributed by atoms with Gasteiger partial charge in [-0.15, -0.1) is 0 Å². The molecule has 29 heavy (non-hydrogen) atoms. The Balaban J connectivity index is 1.61. The van der Waals surface area contributed by atoms with Crippen molar-refractivity contribution in [1.82, 2.24) is 25.1 Å². The van der Waals surface area contributed by atoms with Gasteiger partial charge in [0.05, 0.1) is 18.1 Å². The zero-order chi connectivity index (χ0) is 20.6. The summed E-state index contributed by atoms with van der Waals surface area (Å²) in [6.45, 7) is 7.51. The number of amides is 1. The van der Waals surface area contributed by atoms with E-state index in [0.29, 0.717) is 19.5 Å². The standard InChI is InChI=1S/C21H34N6OS/c1-4-13-29-21-25-19(24-15(2)3)17-14-23-27(20(17)26-21)12-11-22-18(28)10-9-16-7-5-6-8-16/h14-16H,4-13H2,1-3H3,(H,22,28)(H,24,25,26).